The number of piperidine rings is 1. The van der Waals surface area contributed by atoms with E-state index in [1.807, 2.05) is 4.90 Å². The fourth-order valence-electron chi connectivity index (χ4n) is 2.78. The van der Waals surface area contributed by atoms with E-state index < -0.39 is 0 Å². The molecule has 0 unspecified atom stereocenters. The molecule has 110 valence electrons. The Hall–Kier alpha value is -1.37. The van der Waals surface area contributed by atoms with E-state index in [0.717, 1.165) is 51.1 Å². The quantitative estimate of drug-likeness (QED) is 0.838. The molecule has 0 atom stereocenters. The van der Waals surface area contributed by atoms with Gasteiger partial charge in [-0.3, -0.25) is 5.10 Å². The van der Waals surface area contributed by atoms with Gasteiger partial charge < -0.3 is 14.8 Å². The smallest absolute Gasteiger partial charge is 0.317 e. The lowest BCUT2D eigenvalue weighted by Gasteiger charge is -2.31. The van der Waals surface area contributed by atoms with E-state index in [1.54, 1.807) is 0 Å². The zero-order valence-electron chi connectivity index (χ0n) is 11.8. The summed E-state index contributed by atoms with van der Waals surface area (Å²) in [6, 6.07) is 0.525. The van der Waals surface area contributed by atoms with Crippen LogP contribution in [-0.4, -0.2) is 44.8 Å². The summed E-state index contributed by atoms with van der Waals surface area (Å²) in [5, 5.41) is 10.3. The number of carbonyl (C=O) groups is 1. The van der Waals surface area contributed by atoms with E-state index in [1.165, 1.54) is 0 Å². The topological polar surface area (TPSA) is 66.0 Å². The molecule has 1 aromatic rings. The highest BCUT2D eigenvalue weighted by molar-refractivity contribution is 7.71. The van der Waals surface area contributed by atoms with Crippen molar-refractivity contribution in [3.63, 3.8) is 0 Å². The number of rotatable bonds is 3. The summed E-state index contributed by atoms with van der Waals surface area (Å²) in [7, 11) is 0. The number of hydrogen-bond donors (Lipinski definition) is 2. The summed E-state index contributed by atoms with van der Waals surface area (Å²) >= 11 is 5.23. The standard InChI is InChI=1S/C13H21N5OS/c1-2-18-11(15-16-13(18)20)9-5-7-17(8-6-9)12(19)14-10-3-4-10/h9-10H,2-8H2,1H3,(H,14,19)(H,16,20). The molecule has 0 radical (unpaired) electrons. The maximum Gasteiger partial charge on any atom is 0.317 e. The molecule has 1 saturated heterocycles. The summed E-state index contributed by atoms with van der Waals surface area (Å²) in [6.07, 6.45) is 4.18. The van der Waals surface area contributed by atoms with E-state index in [2.05, 4.69) is 27.0 Å². The van der Waals surface area contributed by atoms with Gasteiger partial charge in [-0.2, -0.15) is 5.10 Å². The van der Waals surface area contributed by atoms with Crippen molar-refractivity contribution >= 4 is 18.2 Å². The molecular weight excluding hydrogens is 274 g/mol. The number of amides is 2. The molecule has 20 heavy (non-hydrogen) atoms. The second-order valence-electron chi connectivity index (χ2n) is 5.62. The van der Waals surface area contributed by atoms with Gasteiger partial charge in [0, 0.05) is 31.6 Å². The third-order valence-electron chi connectivity index (χ3n) is 4.16. The zero-order chi connectivity index (χ0) is 14.1. The minimum absolute atomic E-state index is 0.0975. The summed E-state index contributed by atoms with van der Waals surface area (Å²) < 4.78 is 2.75. The van der Waals surface area contributed by atoms with Crippen LogP contribution in [0.15, 0.2) is 0 Å². The first-order valence-corrected chi connectivity index (χ1v) is 7.80. The Kier molecular flexibility index (Phi) is 3.78. The summed E-state index contributed by atoms with van der Waals surface area (Å²) in [6.45, 7) is 4.51. The molecule has 0 bridgehead atoms. The minimum Gasteiger partial charge on any atom is -0.335 e. The third kappa shape index (κ3) is 2.72. The van der Waals surface area contributed by atoms with Crippen LogP contribution in [0.1, 0.15) is 44.3 Å². The molecule has 1 aromatic heterocycles. The lowest BCUT2D eigenvalue weighted by Crippen LogP contribution is -2.45. The molecule has 0 aromatic carbocycles. The molecule has 3 rings (SSSR count). The number of H-pyrrole nitrogens is 1. The maximum atomic E-state index is 12.0. The molecule has 2 N–H and O–H groups in total. The van der Waals surface area contributed by atoms with Gasteiger partial charge in [0.25, 0.3) is 0 Å². The van der Waals surface area contributed by atoms with Crippen LogP contribution in [0, 0.1) is 4.77 Å². The SMILES string of the molecule is CCn1c(C2CCN(C(=O)NC3CC3)CC2)n[nH]c1=S. The predicted molar refractivity (Wildman–Crippen MR) is 78.2 cm³/mol. The van der Waals surface area contributed by atoms with Gasteiger partial charge in [0.05, 0.1) is 0 Å². The number of hydrogen-bond acceptors (Lipinski definition) is 3. The second-order valence-corrected chi connectivity index (χ2v) is 6.00. The van der Waals surface area contributed by atoms with Crippen molar-refractivity contribution in [1.29, 1.82) is 0 Å². The van der Waals surface area contributed by atoms with Crippen LogP contribution in [0.2, 0.25) is 0 Å². The van der Waals surface area contributed by atoms with Crippen LogP contribution in [-0.2, 0) is 6.54 Å². The summed E-state index contributed by atoms with van der Waals surface area (Å²) in [5.74, 6) is 1.44. The first kappa shape index (κ1) is 13.6. The normalized spacial score (nSPS) is 20.1. The molecule has 1 aliphatic heterocycles. The molecule has 2 amide bonds. The van der Waals surface area contributed by atoms with Gasteiger partial charge in [-0.05, 0) is 44.8 Å². The largest absolute Gasteiger partial charge is 0.335 e. The Bertz CT molecular complexity index is 539. The minimum atomic E-state index is 0.0975. The molecule has 2 fully saturated rings. The number of urea groups is 1. The number of aromatic nitrogens is 3. The van der Waals surface area contributed by atoms with Gasteiger partial charge in [-0.1, -0.05) is 0 Å². The monoisotopic (exact) mass is 295 g/mol. The average Bonchev–Trinajstić information content (AvgIpc) is 3.19. The van der Waals surface area contributed by atoms with Crippen molar-refractivity contribution in [3.8, 4) is 0 Å². The molecule has 1 aliphatic carbocycles. The molecule has 2 aliphatic rings. The van der Waals surface area contributed by atoms with E-state index in [-0.39, 0.29) is 6.03 Å². The first-order chi connectivity index (χ1) is 9.69. The van der Waals surface area contributed by atoms with Crippen LogP contribution in [0.3, 0.4) is 0 Å². The Balaban J connectivity index is 1.60. The number of carbonyl (C=O) groups excluding carboxylic acids is 1. The fraction of sp³-hybridized carbons (Fsp3) is 0.769. The molecular formula is C13H21N5OS. The van der Waals surface area contributed by atoms with E-state index in [4.69, 9.17) is 12.2 Å². The number of likely N-dealkylation sites (tertiary alicyclic amines) is 1. The summed E-state index contributed by atoms with van der Waals surface area (Å²) in [4.78, 5) is 13.9. The highest BCUT2D eigenvalue weighted by Crippen LogP contribution is 2.27. The molecule has 7 heteroatoms. The van der Waals surface area contributed by atoms with Crippen LogP contribution in [0.5, 0.6) is 0 Å². The van der Waals surface area contributed by atoms with E-state index >= 15 is 0 Å². The average molecular weight is 295 g/mol. The van der Waals surface area contributed by atoms with Gasteiger partial charge in [-0.15, -0.1) is 0 Å². The zero-order valence-corrected chi connectivity index (χ0v) is 12.6. The molecule has 1 saturated carbocycles. The lowest BCUT2D eigenvalue weighted by molar-refractivity contribution is 0.179. The summed E-state index contributed by atoms with van der Waals surface area (Å²) in [5.41, 5.74) is 0. The maximum absolute atomic E-state index is 12.0. The Morgan fingerprint density at radius 3 is 2.70 bits per heavy atom. The number of nitrogens with zero attached hydrogens (tertiary/aromatic N) is 3. The van der Waals surface area contributed by atoms with Gasteiger partial charge in [-0.25, -0.2) is 4.79 Å². The van der Waals surface area contributed by atoms with Crippen molar-refractivity contribution in [2.45, 2.75) is 51.1 Å². The Morgan fingerprint density at radius 2 is 2.10 bits per heavy atom. The van der Waals surface area contributed by atoms with Crippen molar-refractivity contribution < 1.29 is 4.79 Å². The van der Waals surface area contributed by atoms with Crippen LogP contribution in [0.4, 0.5) is 4.79 Å². The molecule has 0 spiro atoms. The first-order valence-electron chi connectivity index (χ1n) is 7.39. The number of nitrogens with one attached hydrogen (secondary N) is 2. The van der Waals surface area contributed by atoms with E-state index in [9.17, 15) is 4.79 Å². The van der Waals surface area contributed by atoms with Crippen molar-refractivity contribution in [1.82, 2.24) is 25.0 Å². The Labute approximate surface area is 123 Å². The third-order valence-corrected chi connectivity index (χ3v) is 4.47. The van der Waals surface area contributed by atoms with Gasteiger partial charge in [0.15, 0.2) is 4.77 Å². The van der Waals surface area contributed by atoms with Crippen LogP contribution in [0.25, 0.3) is 0 Å². The highest BCUT2D eigenvalue weighted by atomic mass is 32.1. The predicted octanol–water partition coefficient (Wildman–Crippen LogP) is 2.01. The van der Waals surface area contributed by atoms with Crippen LogP contribution < -0.4 is 5.32 Å². The van der Waals surface area contributed by atoms with E-state index in [0.29, 0.717) is 16.7 Å². The Morgan fingerprint density at radius 1 is 1.40 bits per heavy atom. The van der Waals surface area contributed by atoms with Gasteiger partial charge in [0.1, 0.15) is 5.82 Å². The molecule has 2 heterocycles. The second kappa shape index (κ2) is 5.55. The molecule has 6 nitrogen and oxygen atoms in total. The number of aromatic amines is 1. The van der Waals surface area contributed by atoms with Crippen molar-refractivity contribution in [2.75, 3.05) is 13.1 Å². The van der Waals surface area contributed by atoms with Gasteiger partial charge >= 0.3 is 6.03 Å². The van der Waals surface area contributed by atoms with Crippen LogP contribution >= 0.6 is 12.2 Å². The highest BCUT2D eigenvalue weighted by Gasteiger charge is 2.30. The van der Waals surface area contributed by atoms with Crippen molar-refractivity contribution in [3.05, 3.63) is 10.6 Å². The fourth-order valence-corrected chi connectivity index (χ4v) is 3.05. The lowest BCUT2D eigenvalue weighted by atomic mass is 9.96. The van der Waals surface area contributed by atoms with Gasteiger partial charge in [0.2, 0.25) is 0 Å². The van der Waals surface area contributed by atoms with Crippen molar-refractivity contribution in [2.24, 2.45) is 0 Å².